The highest BCUT2D eigenvalue weighted by Gasteiger charge is 2.46. The zero-order valence-corrected chi connectivity index (χ0v) is 38.6. The van der Waals surface area contributed by atoms with Crippen molar-refractivity contribution in [2.45, 2.75) is 83.6 Å². The number of aromatic nitrogens is 4. The Balaban J connectivity index is 1.33. The number of nitrogens with one attached hydrogen (secondary N) is 1. The molecule has 15 heteroatoms. The third-order valence-corrected chi connectivity index (χ3v) is 13.1. The number of imidazole rings is 1. The first-order valence-corrected chi connectivity index (χ1v) is 22.7. The van der Waals surface area contributed by atoms with Crippen molar-refractivity contribution in [3.63, 3.8) is 0 Å². The summed E-state index contributed by atoms with van der Waals surface area (Å²) in [6, 6.07) is 37.0. The summed E-state index contributed by atoms with van der Waals surface area (Å²) in [6.45, 7) is 10.4. The van der Waals surface area contributed by atoms with E-state index in [4.69, 9.17) is 33.0 Å². The first-order valence-electron chi connectivity index (χ1n) is 21.5. The van der Waals surface area contributed by atoms with Gasteiger partial charge in [-0.25, -0.2) is 19.6 Å². The number of methoxy groups -OCH3 is 2. The molecular formula is C50H54N7O7P. The maximum Gasteiger partial charge on any atom is 0.259 e. The SMILES string of the molecule is CC#Cc1nc2c(NC(=O)c3ccccc3)ncnc2n1[C@H]1C[C@H](OP(OCCC#N)N(C(C)C)C(C)C)[C@@H](COC(c2ccccc2)(c2ccc(OC)cc2)c2ccc(OC)cc2)O1. The van der Waals surface area contributed by atoms with Crippen molar-refractivity contribution in [1.29, 1.82) is 5.26 Å². The molecule has 336 valence electrons. The largest absolute Gasteiger partial charge is 0.497 e. The predicted octanol–water partition coefficient (Wildman–Crippen LogP) is 9.42. The minimum Gasteiger partial charge on any atom is -0.497 e. The molecule has 3 heterocycles. The Morgan fingerprint density at radius 2 is 1.49 bits per heavy atom. The molecule has 2 aromatic heterocycles. The Labute approximate surface area is 381 Å². The van der Waals surface area contributed by atoms with Gasteiger partial charge in [-0.1, -0.05) is 78.7 Å². The number of hydrogen-bond acceptors (Lipinski definition) is 12. The highest BCUT2D eigenvalue weighted by Crippen LogP contribution is 2.51. The standard InChI is InChI=1S/C50H54N7O7P/c1-8-16-44-54-46-47(55-49(58)36-17-11-9-12-18-36)52-33-53-48(46)56(44)45-31-42(64-65(62-30-15-29-51)57(34(2)3)35(4)5)43(63-45)32-61-50(37-19-13-10-14-20-37,38-21-25-40(59-6)26-22-38)39-23-27-41(60-7)28-24-39/h9-14,17-28,33-35,42-43,45H,15,30-32H2,1-7H3,(H,52,53,55,58)/t42-,43+,45+,65?/m0/s1. The normalized spacial score (nSPS) is 16.6. The van der Waals surface area contributed by atoms with E-state index in [1.807, 2.05) is 89.5 Å². The molecule has 1 amide bonds. The monoisotopic (exact) mass is 895 g/mol. The Morgan fingerprint density at radius 1 is 0.892 bits per heavy atom. The summed E-state index contributed by atoms with van der Waals surface area (Å²) in [5.41, 5.74) is 2.69. The lowest BCUT2D eigenvalue weighted by Crippen LogP contribution is -2.39. The van der Waals surface area contributed by atoms with Crippen molar-refractivity contribution >= 4 is 31.4 Å². The van der Waals surface area contributed by atoms with Gasteiger partial charge in [0.25, 0.3) is 14.4 Å². The van der Waals surface area contributed by atoms with E-state index in [2.05, 4.69) is 65.6 Å². The fraction of sp³-hybridized carbons (Fsp3) is 0.340. The highest BCUT2D eigenvalue weighted by atomic mass is 31.2. The topological polar surface area (TPSA) is 155 Å². The molecule has 0 radical (unpaired) electrons. The zero-order chi connectivity index (χ0) is 45.9. The molecule has 4 atom stereocenters. The molecule has 65 heavy (non-hydrogen) atoms. The van der Waals surface area contributed by atoms with Crippen LogP contribution < -0.4 is 14.8 Å². The van der Waals surface area contributed by atoms with Crippen LogP contribution >= 0.6 is 8.53 Å². The van der Waals surface area contributed by atoms with E-state index in [-0.39, 0.29) is 43.4 Å². The second-order valence-electron chi connectivity index (χ2n) is 15.8. The number of carbonyl (C=O) groups excluding carboxylic acids is 1. The molecule has 1 aliphatic rings. The van der Waals surface area contributed by atoms with E-state index in [9.17, 15) is 10.1 Å². The number of carbonyl (C=O) groups is 1. The smallest absolute Gasteiger partial charge is 0.259 e. The van der Waals surface area contributed by atoms with Gasteiger partial charge in [0.05, 0.1) is 46.0 Å². The molecule has 1 fully saturated rings. The van der Waals surface area contributed by atoms with Gasteiger partial charge in [-0.3, -0.25) is 9.36 Å². The molecule has 0 saturated carbocycles. The summed E-state index contributed by atoms with van der Waals surface area (Å²) < 4.78 is 43.3. The number of nitriles is 1. The number of rotatable bonds is 19. The lowest BCUT2D eigenvalue weighted by molar-refractivity contribution is -0.0913. The number of amides is 1. The number of benzene rings is 4. The van der Waals surface area contributed by atoms with E-state index in [0.29, 0.717) is 40.5 Å². The maximum absolute atomic E-state index is 13.4. The van der Waals surface area contributed by atoms with Crippen molar-refractivity contribution in [2.75, 3.05) is 32.8 Å². The van der Waals surface area contributed by atoms with Gasteiger partial charge < -0.3 is 33.3 Å². The molecule has 0 bridgehead atoms. The van der Waals surface area contributed by atoms with Crippen molar-refractivity contribution in [1.82, 2.24) is 24.2 Å². The van der Waals surface area contributed by atoms with Gasteiger partial charge >= 0.3 is 0 Å². The van der Waals surface area contributed by atoms with E-state index >= 15 is 0 Å². The summed E-state index contributed by atoms with van der Waals surface area (Å²) in [7, 11) is 1.58. The quantitative estimate of drug-likeness (QED) is 0.0356. The molecule has 6 aromatic rings. The molecule has 4 aromatic carbocycles. The van der Waals surface area contributed by atoms with Crippen LogP contribution in [-0.2, 0) is 24.1 Å². The van der Waals surface area contributed by atoms with Crippen LogP contribution in [0.15, 0.2) is 116 Å². The van der Waals surface area contributed by atoms with Crippen LogP contribution in [0.25, 0.3) is 11.2 Å². The summed E-state index contributed by atoms with van der Waals surface area (Å²) in [5.74, 6) is 7.80. The maximum atomic E-state index is 13.4. The van der Waals surface area contributed by atoms with Gasteiger partial charge in [-0.2, -0.15) is 5.26 Å². The second kappa shape index (κ2) is 21.6. The average Bonchev–Trinajstić information content (AvgIpc) is 3.90. The number of hydrogen-bond donors (Lipinski definition) is 1. The number of fused-ring (bicyclic) bond motifs is 1. The summed E-state index contributed by atoms with van der Waals surface area (Å²) in [6.07, 6.45) is -0.0951. The van der Waals surface area contributed by atoms with E-state index in [1.54, 1.807) is 45.4 Å². The van der Waals surface area contributed by atoms with Gasteiger partial charge in [0.2, 0.25) is 0 Å². The van der Waals surface area contributed by atoms with Gasteiger partial charge in [0.1, 0.15) is 35.8 Å². The Hall–Kier alpha value is -6.22. The molecule has 14 nitrogen and oxygen atoms in total. The zero-order valence-electron chi connectivity index (χ0n) is 37.7. The molecule has 0 aliphatic carbocycles. The Bertz CT molecular complexity index is 2560. The van der Waals surface area contributed by atoms with Crippen LogP contribution in [0.5, 0.6) is 11.5 Å². The van der Waals surface area contributed by atoms with Crippen LogP contribution in [-0.4, -0.2) is 81.8 Å². The van der Waals surface area contributed by atoms with Crippen molar-refractivity contribution < 1.29 is 32.8 Å². The Kier molecular flexibility index (Phi) is 15.6. The number of nitrogens with zero attached hydrogens (tertiary/aromatic N) is 6. The molecule has 1 aliphatic heterocycles. The first-order chi connectivity index (χ1) is 31.6. The van der Waals surface area contributed by atoms with E-state index in [0.717, 1.165) is 16.7 Å². The third-order valence-electron chi connectivity index (χ3n) is 11.0. The van der Waals surface area contributed by atoms with Gasteiger partial charge in [0, 0.05) is 24.1 Å². The van der Waals surface area contributed by atoms with E-state index in [1.165, 1.54) is 6.33 Å². The van der Waals surface area contributed by atoms with Crippen LogP contribution in [0.3, 0.4) is 0 Å². The molecule has 1 N–H and O–H groups in total. The first kappa shape index (κ1) is 46.8. The van der Waals surface area contributed by atoms with Crippen molar-refractivity contribution in [3.05, 3.63) is 144 Å². The van der Waals surface area contributed by atoms with Crippen LogP contribution in [0.2, 0.25) is 0 Å². The van der Waals surface area contributed by atoms with Crippen LogP contribution in [0.4, 0.5) is 5.82 Å². The van der Waals surface area contributed by atoms with Crippen molar-refractivity contribution in [2.24, 2.45) is 0 Å². The molecule has 7 rings (SSSR count). The lowest BCUT2D eigenvalue weighted by Gasteiger charge is -2.39. The Morgan fingerprint density at radius 3 is 2.06 bits per heavy atom. The predicted molar refractivity (Wildman–Crippen MR) is 249 cm³/mol. The summed E-state index contributed by atoms with van der Waals surface area (Å²) in [5, 5.41) is 12.4. The molecule has 1 saturated heterocycles. The van der Waals surface area contributed by atoms with Crippen LogP contribution in [0.1, 0.15) is 86.6 Å². The lowest BCUT2D eigenvalue weighted by atomic mass is 9.80. The fourth-order valence-electron chi connectivity index (χ4n) is 8.05. The summed E-state index contributed by atoms with van der Waals surface area (Å²) in [4.78, 5) is 27.3. The average molecular weight is 896 g/mol. The van der Waals surface area contributed by atoms with E-state index < -0.39 is 32.6 Å². The number of ether oxygens (including phenoxy) is 4. The van der Waals surface area contributed by atoms with Crippen LogP contribution in [0, 0.1) is 23.2 Å². The van der Waals surface area contributed by atoms with Gasteiger partial charge in [0.15, 0.2) is 22.8 Å². The minimum absolute atomic E-state index is 0.0492. The van der Waals surface area contributed by atoms with Gasteiger partial charge in [-0.05, 0) is 93.6 Å². The third kappa shape index (κ3) is 10.4. The second-order valence-corrected chi connectivity index (χ2v) is 17.2. The minimum atomic E-state index is -1.70. The molecule has 0 spiro atoms. The molecular weight excluding hydrogens is 842 g/mol. The van der Waals surface area contributed by atoms with Gasteiger partial charge in [-0.15, -0.1) is 0 Å². The molecule has 1 unspecified atom stereocenters. The summed E-state index contributed by atoms with van der Waals surface area (Å²) >= 11 is 0. The number of anilines is 1. The highest BCUT2D eigenvalue weighted by molar-refractivity contribution is 7.44. The van der Waals surface area contributed by atoms with Crippen molar-refractivity contribution in [3.8, 4) is 29.4 Å². The fourth-order valence-corrected chi connectivity index (χ4v) is 9.81.